The standard InChI is InChI=1S/C36H35F2N7O4/c1-20-31(44-49-43-20)34(46)41-33(22-12-14-36(37,38)15-13-22)29-18-45-30(40-29)16-23(17-39-45)32(21-10-11-21)42-35(47)48-19-28-26-8-4-2-6-24(26)25-7-3-5-9-27(25)28/h2-9,16-18,21-22,28,32-33H,10-15,19H2,1H3,(H,41,46)(H,42,47)/t32?,33-/m0/s1. The first-order valence-corrected chi connectivity index (χ1v) is 16.7. The lowest BCUT2D eigenvalue weighted by molar-refractivity contribution is -0.0495. The number of nitrogens with one attached hydrogen (secondary N) is 2. The van der Waals surface area contributed by atoms with Gasteiger partial charge in [-0.15, -0.1) is 0 Å². The Morgan fingerprint density at radius 2 is 1.63 bits per heavy atom. The third-order valence-corrected chi connectivity index (χ3v) is 10.1. The van der Waals surface area contributed by atoms with E-state index in [9.17, 15) is 18.4 Å². The van der Waals surface area contributed by atoms with E-state index in [0.29, 0.717) is 17.0 Å². The number of benzene rings is 2. The summed E-state index contributed by atoms with van der Waals surface area (Å²) >= 11 is 0. The van der Waals surface area contributed by atoms with E-state index in [0.717, 1.165) is 40.7 Å². The number of amides is 2. The molecule has 5 aromatic rings. The van der Waals surface area contributed by atoms with Crippen molar-refractivity contribution in [2.24, 2.45) is 11.8 Å². The number of ether oxygens (including phenoxy) is 1. The molecule has 0 spiro atoms. The number of carbonyl (C=O) groups excluding carboxylic acids is 2. The minimum Gasteiger partial charge on any atom is -0.449 e. The Labute approximate surface area is 280 Å². The van der Waals surface area contributed by atoms with E-state index in [4.69, 9.17) is 14.3 Å². The number of hydrogen-bond donors (Lipinski definition) is 2. The van der Waals surface area contributed by atoms with Gasteiger partial charge in [-0.1, -0.05) is 53.7 Å². The maximum Gasteiger partial charge on any atom is 0.407 e. The maximum atomic E-state index is 14.1. The number of rotatable bonds is 9. The molecule has 3 aromatic heterocycles. The van der Waals surface area contributed by atoms with Gasteiger partial charge < -0.3 is 15.4 Å². The SMILES string of the molecule is Cc1nonc1C(=O)N[C@H](c1cn2ncc(C(NC(=O)OCC3c4ccccc4-c4ccccc43)C3CC3)cc2n1)C1CCC(F)(F)CC1. The number of halogens is 2. The lowest BCUT2D eigenvalue weighted by Crippen LogP contribution is -2.37. The van der Waals surface area contributed by atoms with Crippen LogP contribution in [0.4, 0.5) is 13.6 Å². The Hall–Kier alpha value is -5.20. The van der Waals surface area contributed by atoms with Crippen LogP contribution < -0.4 is 10.6 Å². The monoisotopic (exact) mass is 667 g/mol. The molecule has 13 heteroatoms. The van der Waals surface area contributed by atoms with Crippen LogP contribution in [0, 0.1) is 18.8 Å². The molecule has 2 N–H and O–H groups in total. The quantitative estimate of drug-likeness (QED) is 0.177. The molecule has 252 valence electrons. The van der Waals surface area contributed by atoms with Gasteiger partial charge in [0, 0.05) is 18.8 Å². The van der Waals surface area contributed by atoms with Crippen LogP contribution in [0.25, 0.3) is 16.8 Å². The molecule has 2 fully saturated rings. The van der Waals surface area contributed by atoms with Crippen LogP contribution in [0.5, 0.6) is 0 Å². The van der Waals surface area contributed by atoms with E-state index in [1.165, 1.54) is 0 Å². The predicted molar refractivity (Wildman–Crippen MR) is 173 cm³/mol. The highest BCUT2D eigenvalue weighted by atomic mass is 19.3. The summed E-state index contributed by atoms with van der Waals surface area (Å²) < 4.78 is 40.3. The summed E-state index contributed by atoms with van der Waals surface area (Å²) in [7, 11) is 0. The fourth-order valence-electron chi connectivity index (χ4n) is 7.38. The Morgan fingerprint density at radius 1 is 0.959 bits per heavy atom. The highest BCUT2D eigenvalue weighted by Crippen LogP contribution is 2.45. The predicted octanol–water partition coefficient (Wildman–Crippen LogP) is 6.71. The van der Waals surface area contributed by atoms with Crippen molar-refractivity contribution in [2.75, 3.05) is 6.61 Å². The molecule has 2 aromatic carbocycles. The normalized spacial score (nSPS) is 18.4. The van der Waals surface area contributed by atoms with Crippen molar-refractivity contribution in [1.29, 1.82) is 0 Å². The molecule has 2 atom stereocenters. The number of aromatic nitrogens is 5. The van der Waals surface area contributed by atoms with Crippen molar-refractivity contribution < 1.29 is 27.7 Å². The number of nitrogens with zero attached hydrogens (tertiary/aromatic N) is 5. The number of alkyl halides is 2. The molecule has 2 saturated carbocycles. The van der Waals surface area contributed by atoms with Gasteiger partial charge in [0.1, 0.15) is 12.3 Å². The van der Waals surface area contributed by atoms with Gasteiger partial charge in [0.2, 0.25) is 5.92 Å². The van der Waals surface area contributed by atoms with Crippen molar-refractivity contribution in [2.45, 2.75) is 69.4 Å². The molecule has 2 amide bonds. The smallest absolute Gasteiger partial charge is 0.407 e. The van der Waals surface area contributed by atoms with Crippen molar-refractivity contribution in [3.8, 4) is 11.1 Å². The number of imidazole rings is 1. The van der Waals surface area contributed by atoms with E-state index in [2.05, 4.69) is 50.3 Å². The highest BCUT2D eigenvalue weighted by Gasteiger charge is 2.40. The zero-order valence-electron chi connectivity index (χ0n) is 26.8. The lowest BCUT2D eigenvalue weighted by Gasteiger charge is -2.33. The summed E-state index contributed by atoms with van der Waals surface area (Å²) in [5.74, 6) is -3.34. The molecule has 0 radical (unpaired) electrons. The minimum atomic E-state index is -2.73. The fraction of sp³-hybridized carbons (Fsp3) is 0.389. The molecular formula is C36H35F2N7O4. The van der Waals surface area contributed by atoms with Crippen molar-refractivity contribution in [3.63, 3.8) is 0 Å². The molecule has 8 rings (SSSR count). The molecule has 0 saturated heterocycles. The van der Waals surface area contributed by atoms with Gasteiger partial charge in [-0.2, -0.15) is 5.10 Å². The van der Waals surface area contributed by atoms with Crippen molar-refractivity contribution >= 4 is 17.6 Å². The number of fused-ring (bicyclic) bond motifs is 4. The Kier molecular flexibility index (Phi) is 7.84. The summed E-state index contributed by atoms with van der Waals surface area (Å²) in [4.78, 5) is 31.2. The van der Waals surface area contributed by atoms with Crippen LogP contribution in [0.2, 0.25) is 0 Å². The largest absolute Gasteiger partial charge is 0.449 e. The van der Waals surface area contributed by atoms with Crippen LogP contribution in [0.1, 0.15) is 95.1 Å². The van der Waals surface area contributed by atoms with Gasteiger partial charge in [-0.3, -0.25) is 4.79 Å². The summed E-state index contributed by atoms with van der Waals surface area (Å²) in [5, 5.41) is 18.0. The first-order valence-electron chi connectivity index (χ1n) is 16.7. The second-order valence-corrected chi connectivity index (χ2v) is 13.4. The van der Waals surface area contributed by atoms with Crippen LogP contribution >= 0.6 is 0 Å². The Bertz CT molecular complexity index is 1980. The second-order valence-electron chi connectivity index (χ2n) is 13.4. The molecule has 11 nitrogen and oxygen atoms in total. The molecule has 1 unspecified atom stereocenters. The molecule has 3 heterocycles. The van der Waals surface area contributed by atoms with E-state index in [1.807, 2.05) is 30.3 Å². The van der Waals surface area contributed by atoms with Crippen molar-refractivity contribution in [3.05, 3.63) is 101 Å². The van der Waals surface area contributed by atoms with Gasteiger partial charge >= 0.3 is 6.09 Å². The molecule has 0 aliphatic heterocycles. The third kappa shape index (κ3) is 6.13. The van der Waals surface area contributed by atoms with E-state index >= 15 is 0 Å². The van der Waals surface area contributed by atoms with Crippen LogP contribution in [0.15, 0.2) is 71.6 Å². The van der Waals surface area contributed by atoms with Gasteiger partial charge in [-0.25, -0.2) is 27.7 Å². The van der Waals surface area contributed by atoms with E-state index in [-0.39, 0.29) is 61.8 Å². The zero-order chi connectivity index (χ0) is 33.7. The zero-order valence-corrected chi connectivity index (χ0v) is 26.8. The number of alkyl carbamates (subject to hydrolysis) is 1. The third-order valence-electron chi connectivity index (χ3n) is 10.1. The topological polar surface area (TPSA) is 137 Å². The van der Waals surface area contributed by atoms with Gasteiger partial charge in [0.05, 0.1) is 30.2 Å². The summed E-state index contributed by atoms with van der Waals surface area (Å²) in [6.07, 6.45) is 4.70. The summed E-state index contributed by atoms with van der Waals surface area (Å²) in [5.41, 5.74) is 6.74. The van der Waals surface area contributed by atoms with Gasteiger partial charge in [-0.05, 0) is 83.5 Å². The van der Waals surface area contributed by atoms with Crippen LogP contribution in [0.3, 0.4) is 0 Å². The van der Waals surface area contributed by atoms with Crippen LogP contribution in [-0.2, 0) is 4.74 Å². The summed E-state index contributed by atoms with van der Waals surface area (Å²) in [6, 6.07) is 17.3. The second kappa shape index (κ2) is 12.4. The maximum absolute atomic E-state index is 14.1. The number of carbonyl (C=O) groups is 2. The molecule has 3 aliphatic carbocycles. The van der Waals surface area contributed by atoms with Gasteiger partial charge in [0.25, 0.3) is 5.91 Å². The highest BCUT2D eigenvalue weighted by molar-refractivity contribution is 5.93. The first-order chi connectivity index (χ1) is 23.7. The van der Waals surface area contributed by atoms with Crippen LogP contribution in [-0.4, -0.2) is 49.4 Å². The minimum absolute atomic E-state index is 0.0295. The molecule has 49 heavy (non-hydrogen) atoms. The van der Waals surface area contributed by atoms with Crippen molar-refractivity contribution in [1.82, 2.24) is 35.5 Å². The number of aryl methyl sites for hydroxylation is 1. The van der Waals surface area contributed by atoms with E-state index < -0.39 is 24.0 Å². The number of hydrogen-bond acceptors (Lipinski definition) is 8. The molecule has 3 aliphatic rings. The first kappa shape index (κ1) is 31.1. The Balaban J connectivity index is 1.01. The molecule has 0 bridgehead atoms. The average Bonchev–Trinajstić information content (AvgIpc) is 3.57. The fourth-order valence-corrected chi connectivity index (χ4v) is 7.38. The summed E-state index contributed by atoms with van der Waals surface area (Å²) in [6.45, 7) is 1.81. The van der Waals surface area contributed by atoms with E-state index in [1.54, 1.807) is 23.8 Å². The Morgan fingerprint density at radius 3 is 2.29 bits per heavy atom. The molecular weight excluding hydrogens is 632 g/mol. The lowest BCUT2D eigenvalue weighted by atomic mass is 9.81. The van der Waals surface area contributed by atoms with Gasteiger partial charge in [0.15, 0.2) is 11.3 Å². The average molecular weight is 668 g/mol.